The fraction of sp³-hybridized carbons (Fsp3) is 0.0500. The lowest BCUT2D eigenvalue weighted by Crippen LogP contribution is -2.11. The number of carbonyl (C=O) groups excluding carboxylic acids is 1. The van der Waals surface area contributed by atoms with Crippen LogP contribution in [-0.2, 0) is 6.61 Å². The van der Waals surface area contributed by atoms with E-state index in [1.54, 1.807) is 36.4 Å². The third kappa shape index (κ3) is 5.08. The summed E-state index contributed by atoms with van der Waals surface area (Å²) in [6, 6.07) is 22.0. The fourth-order valence-corrected chi connectivity index (χ4v) is 2.58. The largest absolute Gasteiger partial charge is 0.489 e. The lowest BCUT2D eigenvalue weighted by molar-refractivity contribution is 0.102. The maximum atomic E-state index is 12.2. The molecule has 0 saturated heterocycles. The summed E-state index contributed by atoms with van der Waals surface area (Å²) in [4.78, 5) is 12.2. The van der Waals surface area contributed by atoms with Crippen LogP contribution < -0.4 is 10.1 Å². The van der Waals surface area contributed by atoms with Crippen LogP contribution in [0, 0.1) is 0 Å². The average Bonchev–Trinajstić information content (AvgIpc) is 2.63. The first-order chi connectivity index (χ1) is 12.1. The van der Waals surface area contributed by atoms with Gasteiger partial charge in [-0.2, -0.15) is 0 Å². The van der Waals surface area contributed by atoms with Crippen molar-refractivity contribution in [2.75, 3.05) is 5.32 Å². The molecular weight excluding hydrogens is 402 g/mol. The number of ether oxygens (including phenoxy) is 1. The first kappa shape index (κ1) is 17.5. The summed E-state index contributed by atoms with van der Waals surface area (Å²) < 4.78 is 6.73. The van der Waals surface area contributed by atoms with Crippen molar-refractivity contribution in [2.24, 2.45) is 0 Å². The molecule has 25 heavy (non-hydrogen) atoms. The van der Waals surface area contributed by atoms with Crippen LogP contribution in [0.2, 0.25) is 5.02 Å². The van der Waals surface area contributed by atoms with Crippen molar-refractivity contribution >= 4 is 39.1 Å². The molecule has 0 saturated carbocycles. The molecule has 3 aromatic carbocycles. The van der Waals surface area contributed by atoms with E-state index >= 15 is 0 Å². The highest BCUT2D eigenvalue weighted by Gasteiger charge is 2.06. The minimum Gasteiger partial charge on any atom is -0.489 e. The van der Waals surface area contributed by atoms with Gasteiger partial charge in [-0.1, -0.05) is 39.7 Å². The Hall–Kier alpha value is -2.30. The molecule has 0 aliphatic carbocycles. The number of hydrogen-bond acceptors (Lipinski definition) is 2. The Morgan fingerprint density at radius 1 is 0.920 bits per heavy atom. The molecule has 1 amide bonds. The molecule has 3 rings (SSSR count). The zero-order valence-corrected chi connectivity index (χ0v) is 15.5. The van der Waals surface area contributed by atoms with Crippen LogP contribution in [0.5, 0.6) is 5.75 Å². The van der Waals surface area contributed by atoms with Crippen LogP contribution in [0.3, 0.4) is 0 Å². The van der Waals surface area contributed by atoms with E-state index < -0.39 is 0 Å². The van der Waals surface area contributed by atoms with E-state index in [-0.39, 0.29) is 5.91 Å². The number of hydrogen-bond donors (Lipinski definition) is 1. The summed E-state index contributed by atoms with van der Waals surface area (Å²) >= 11 is 9.23. The van der Waals surface area contributed by atoms with Gasteiger partial charge in [-0.3, -0.25) is 4.79 Å². The normalized spacial score (nSPS) is 10.3. The van der Waals surface area contributed by atoms with Gasteiger partial charge in [0.15, 0.2) is 0 Å². The molecule has 0 aliphatic heterocycles. The fourth-order valence-electron chi connectivity index (χ4n) is 2.19. The van der Waals surface area contributed by atoms with Crippen molar-refractivity contribution < 1.29 is 9.53 Å². The number of amides is 1. The second-order valence-electron chi connectivity index (χ2n) is 5.40. The van der Waals surface area contributed by atoms with Crippen LogP contribution in [0.25, 0.3) is 0 Å². The molecule has 0 spiro atoms. The summed E-state index contributed by atoms with van der Waals surface area (Å²) in [5, 5.41) is 3.47. The minimum atomic E-state index is -0.164. The van der Waals surface area contributed by atoms with E-state index in [4.69, 9.17) is 16.3 Å². The highest BCUT2D eigenvalue weighted by molar-refractivity contribution is 9.10. The van der Waals surface area contributed by atoms with Gasteiger partial charge in [0.2, 0.25) is 0 Å². The van der Waals surface area contributed by atoms with Crippen molar-refractivity contribution in [3.05, 3.63) is 93.4 Å². The maximum absolute atomic E-state index is 12.2. The number of carbonyl (C=O) groups is 1. The van der Waals surface area contributed by atoms with Gasteiger partial charge in [0.1, 0.15) is 12.4 Å². The quantitative estimate of drug-likeness (QED) is 0.559. The molecule has 0 aromatic heterocycles. The number of anilines is 1. The van der Waals surface area contributed by atoms with E-state index in [9.17, 15) is 4.79 Å². The van der Waals surface area contributed by atoms with E-state index in [0.29, 0.717) is 22.9 Å². The lowest BCUT2D eigenvalue weighted by atomic mass is 10.1. The van der Waals surface area contributed by atoms with E-state index in [1.165, 1.54) is 0 Å². The third-order valence-electron chi connectivity index (χ3n) is 3.54. The molecular formula is C20H15BrClNO2. The smallest absolute Gasteiger partial charge is 0.255 e. The summed E-state index contributed by atoms with van der Waals surface area (Å²) in [5.41, 5.74) is 2.28. The number of rotatable bonds is 5. The molecule has 0 aliphatic rings. The van der Waals surface area contributed by atoms with Crippen LogP contribution in [0.1, 0.15) is 15.9 Å². The molecule has 0 heterocycles. The van der Waals surface area contributed by atoms with Gasteiger partial charge in [0.25, 0.3) is 5.91 Å². The topological polar surface area (TPSA) is 38.3 Å². The minimum absolute atomic E-state index is 0.164. The molecule has 0 fully saturated rings. The molecule has 3 aromatic rings. The van der Waals surface area contributed by atoms with Crippen molar-refractivity contribution in [3.8, 4) is 5.75 Å². The van der Waals surface area contributed by atoms with Gasteiger partial charge in [-0.05, 0) is 66.2 Å². The third-order valence-corrected chi connectivity index (χ3v) is 4.32. The summed E-state index contributed by atoms with van der Waals surface area (Å²) in [5.74, 6) is 0.635. The zero-order chi connectivity index (χ0) is 17.6. The Labute approximate surface area is 159 Å². The predicted octanol–water partition coefficient (Wildman–Crippen LogP) is 5.93. The summed E-state index contributed by atoms with van der Waals surface area (Å²) in [6.45, 7) is 0.445. The van der Waals surface area contributed by atoms with Gasteiger partial charge in [-0.15, -0.1) is 0 Å². The first-order valence-electron chi connectivity index (χ1n) is 7.64. The Morgan fingerprint density at radius 3 is 2.20 bits per heavy atom. The molecule has 3 nitrogen and oxygen atoms in total. The standard InChI is InChI=1S/C20H15BrClNO2/c21-16-5-11-19(12-6-16)25-13-14-1-3-15(4-2-14)20(24)23-18-9-7-17(22)8-10-18/h1-12H,13H2,(H,23,24). The highest BCUT2D eigenvalue weighted by Crippen LogP contribution is 2.18. The second-order valence-corrected chi connectivity index (χ2v) is 6.75. The van der Waals surface area contributed by atoms with Crippen LogP contribution in [-0.4, -0.2) is 5.91 Å². The molecule has 5 heteroatoms. The van der Waals surface area contributed by atoms with Gasteiger partial charge in [0.05, 0.1) is 0 Å². The Morgan fingerprint density at radius 2 is 1.56 bits per heavy atom. The molecule has 0 bridgehead atoms. The molecule has 0 unspecified atom stereocenters. The predicted molar refractivity (Wildman–Crippen MR) is 104 cm³/mol. The lowest BCUT2D eigenvalue weighted by Gasteiger charge is -2.08. The average molecular weight is 417 g/mol. The van der Waals surface area contributed by atoms with Crippen molar-refractivity contribution in [1.29, 1.82) is 0 Å². The van der Waals surface area contributed by atoms with Gasteiger partial charge in [0, 0.05) is 20.7 Å². The summed E-state index contributed by atoms with van der Waals surface area (Å²) in [6.07, 6.45) is 0. The van der Waals surface area contributed by atoms with E-state index in [2.05, 4.69) is 21.2 Å². The van der Waals surface area contributed by atoms with Crippen LogP contribution >= 0.6 is 27.5 Å². The SMILES string of the molecule is O=C(Nc1ccc(Cl)cc1)c1ccc(COc2ccc(Br)cc2)cc1. The van der Waals surface area contributed by atoms with E-state index in [0.717, 1.165) is 15.8 Å². The second kappa shape index (κ2) is 8.19. The Kier molecular flexibility index (Phi) is 5.74. The number of nitrogens with one attached hydrogen (secondary N) is 1. The van der Waals surface area contributed by atoms with Crippen molar-refractivity contribution in [1.82, 2.24) is 0 Å². The number of halogens is 2. The monoisotopic (exact) mass is 415 g/mol. The first-order valence-corrected chi connectivity index (χ1v) is 8.81. The van der Waals surface area contributed by atoms with Gasteiger partial charge >= 0.3 is 0 Å². The van der Waals surface area contributed by atoms with E-state index in [1.807, 2.05) is 36.4 Å². The highest BCUT2D eigenvalue weighted by atomic mass is 79.9. The van der Waals surface area contributed by atoms with Crippen LogP contribution in [0.4, 0.5) is 5.69 Å². The maximum Gasteiger partial charge on any atom is 0.255 e. The molecule has 0 atom stereocenters. The summed E-state index contributed by atoms with van der Waals surface area (Å²) in [7, 11) is 0. The molecule has 1 N–H and O–H groups in total. The Balaban J connectivity index is 1.58. The van der Waals surface area contributed by atoms with Crippen molar-refractivity contribution in [3.63, 3.8) is 0 Å². The van der Waals surface area contributed by atoms with Gasteiger partial charge < -0.3 is 10.1 Å². The van der Waals surface area contributed by atoms with Crippen molar-refractivity contribution in [2.45, 2.75) is 6.61 Å². The zero-order valence-electron chi connectivity index (χ0n) is 13.2. The molecule has 0 radical (unpaired) electrons. The molecule has 126 valence electrons. The Bertz CT molecular complexity index is 846. The van der Waals surface area contributed by atoms with Crippen LogP contribution in [0.15, 0.2) is 77.3 Å². The van der Waals surface area contributed by atoms with Gasteiger partial charge in [-0.25, -0.2) is 0 Å². The number of benzene rings is 3.